The molecule has 1 aromatic carbocycles. The fraction of sp³-hybridized carbons (Fsp3) is 0.650. The van der Waals surface area contributed by atoms with Gasteiger partial charge in [0.05, 0.1) is 12.2 Å². The molecular weight excluding hydrogens is 319 g/mol. The summed E-state index contributed by atoms with van der Waals surface area (Å²) in [4.78, 5) is 12.2. The summed E-state index contributed by atoms with van der Waals surface area (Å²) in [6.45, 7) is 4.95. The van der Waals surface area contributed by atoms with Gasteiger partial charge in [-0.15, -0.1) is 0 Å². The van der Waals surface area contributed by atoms with Crippen molar-refractivity contribution in [3.8, 4) is 0 Å². The molecule has 5 unspecified atom stereocenters. The van der Waals surface area contributed by atoms with Gasteiger partial charge in [0.25, 0.3) is 0 Å². The molecule has 2 N–H and O–H groups in total. The molecule has 4 nitrogen and oxygen atoms in total. The van der Waals surface area contributed by atoms with Crippen molar-refractivity contribution >= 4 is 6.03 Å². The van der Waals surface area contributed by atoms with E-state index in [0.29, 0.717) is 36.5 Å². The first-order chi connectivity index (χ1) is 12.0. The molecule has 0 radical (unpaired) electrons. The van der Waals surface area contributed by atoms with E-state index >= 15 is 0 Å². The maximum Gasteiger partial charge on any atom is 0.315 e. The van der Waals surface area contributed by atoms with E-state index in [4.69, 9.17) is 4.74 Å². The topological polar surface area (TPSA) is 50.4 Å². The standard InChI is InChI=1S/C20H27FN2O2/c1-11-7-13(8-12(2)25-11)5-6-22-20(24)23-19-17-10-14-9-15(21)3-4-16(14)18(17)19/h3-4,9,11-13,17-19H,5-8,10H2,1-2H3,(H2,22,23,24). The van der Waals surface area contributed by atoms with Crippen LogP contribution in [0.25, 0.3) is 0 Å². The molecule has 0 bridgehead atoms. The predicted molar refractivity (Wildman–Crippen MR) is 94.0 cm³/mol. The van der Waals surface area contributed by atoms with Gasteiger partial charge in [0.1, 0.15) is 5.82 Å². The zero-order valence-electron chi connectivity index (χ0n) is 14.9. The highest BCUT2D eigenvalue weighted by Crippen LogP contribution is 2.56. The second-order valence-electron chi connectivity index (χ2n) is 8.05. The van der Waals surface area contributed by atoms with Gasteiger partial charge in [-0.3, -0.25) is 0 Å². The molecule has 1 heterocycles. The van der Waals surface area contributed by atoms with E-state index < -0.39 is 0 Å². The second-order valence-corrected chi connectivity index (χ2v) is 8.05. The zero-order valence-corrected chi connectivity index (χ0v) is 14.9. The van der Waals surface area contributed by atoms with E-state index in [1.165, 1.54) is 11.6 Å². The summed E-state index contributed by atoms with van der Waals surface area (Å²) in [5.41, 5.74) is 2.32. The molecule has 1 aromatic rings. The van der Waals surface area contributed by atoms with Crippen molar-refractivity contribution < 1.29 is 13.9 Å². The van der Waals surface area contributed by atoms with Gasteiger partial charge in [-0.2, -0.15) is 0 Å². The third-order valence-corrected chi connectivity index (χ3v) is 6.02. The summed E-state index contributed by atoms with van der Waals surface area (Å²) >= 11 is 0. The highest BCUT2D eigenvalue weighted by Gasteiger charge is 2.56. The number of carbonyl (C=O) groups is 1. The van der Waals surface area contributed by atoms with Crippen LogP contribution in [0.15, 0.2) is 18.2 Å². The Labute approximate surface area is 148 Å². The van der Waals surface area contributed by atoms with E-state index in [1.807, 2.05) is 6.07 Å². The first-order valence-electron chi connectivity index (χ1n) is 9.49. The van der Waals surface area contributed by atoms with Crippen LogP contribution in [-0.4, -0.2) is 30.8 Å². The third-order valence-electron chi connectivity index (χ3n) is 6.02. The van der Waals surface area contributed by atoms with Gasteiger partial charge in [0.15, 0.2) is 0 Å². The fourth-order valence-electron chi connectivity index (χ4n) is 4.95. The Morgan fingerprint density at radius 1 is 1.28 bits per heavy atom. The molecule has 25 heavy (non-hydrogen) atoms. The Kier molecular flexibility index (Phi) is 4.44. The molecule has 5 atom stereocenters. The van der Waals surface area contributed by atoms with Crippen molar-refractivity contribution in [3.63, 3.8) is 0 Å². The van der Waals surface area contributed by atoms with Crippen LogP contribution in [0.1, 0.15) is 50.2 Å². The first kappa shape index (κ1) is 16.8. The van der Waals surface area contributed by atoms with Crippen LogP contribution in [0.2, 0.25) is 0 Å². The van der Waals surface area contributed by atoms with E-state index in [0.717, 1.165) is 31.2 Å². The smallest absolute Gasteiger partial charge is 0.315 e. The number of fused-ring (bicyclic) bond motifs is 3. The van der Waals surface area contributed by atoms with E-state index in [2.05, 4.69) is 24.5 Å². The maximum atomic E-state index is 13.3. The molecule has 3 aliphatic rings. The van der Waals surface area contributed by atoms with Gasteiger partial charge in [0, 0.05) is 18.5 Å². The van der Waals surface area contributed by atoms with Crippen molar-refractivity contribution in [1.29, 1.82) is 0 Å². The largest absolute Gasteiger partial charge is 0.376 e. The second kappa shape index (κ2) is 6.60. The summed E-state index contributed by atoms with van der Waals surface area (Å²) < 4.78 is 19.0. The normalized spacial score (nSPS) is 35.6. The van der Waals surface area contributed by atoms with Crippen molar-refractivity contribution in [2.24, 2.45) is 11.8 Å². The van der Waals surface area contributed by atoms with Crippen LogP contribution in [0.5, 0.6) is 0 Å². The minimum Gasteiger partial charge on any atom is -0.376 e. The van der Waals surface area contributed by atoms with E-state index in [-0.39, 0.29) is 17.9 Å². The van der Waals surface area contributed by atoms with Crippen molar-refractivity contribution in [2.45, 2.75) is 63.7 Å². The lowest BCUT2D eigenvalue weighted by Gasteiger charge is -2.32. The van der Waals surface area contributed by atoms with Crippen LogP contribution in [0.3, 0.4) is 0 Å². The number of ether oxygens (including phenoxy) is 1. The van der Waals surface area contributed by atoms with Gasteiger partial charge < -0.3 is 15.4 Å². The molecule has 2 amide bonds. The quantitative estimate of drug-likeness (QED) is 0.878. The SMILES string of the molecule is CC1CC(CCNC(=O)NC2C3Cc4cc(F)ccc4C32)CC(C)O1. The highest BCUT2D eigenvalue weighted by atomic mass is 19.1. The van der Waals surface area contributed by atoms with Crippen molar-refractivity contribution in [2.75, 3.05) is 6.54 Å². The van der Waals surface area contributed by atoms with E-state index in [1.54, 1.807) is 6.07 Å². The average Bonchev–Trinajstić information content (AvgIpc) is 3.04. The summed E-state index contributed by atoms with van der Waals surface area (Å²) in [5, 5.41) is 6.10. The number of halogens is 1. The number of amides is 2. The van der Waals surface area contributed by atoms with Gasteiger partial charge in [-0.05, 0) is 74.6 Å². The van der Waals surface area contributed by atoms with Crippen LogP contribution in [0.4, 0.5) is 9.18 Å². The number of nitrogens with one attached hydrogen (secondary N) is 2. The minimum absolute atomic E-state index is 0.0729. The first-order valence-corrected chi connectivity index (χ1v) is 9.49. The highest BCUT2D eigenvalue weighted by molar-refractivity contribution is 5.75. The molecule has 4 rings (SSSR count). The minimum atomic E-state index is -0.168. The molecular formula is C20H27FN2O2. The number of carbonyl (C=O) groups excluding carboxylic acids is 1. The third kappa shape index (κ3) is 3.52. The van der Waals surface area contributed by atoms with Crippen LogP contribution in [-0.2, 0) is 11.2 Å². The van der Waals surface area contributed by atoms with Gasteiger partial charge in [0.2, 0.25) is 0 Å². The Hall–Kier alpha value is -1.62. The number of urea groups is 1. The van der Waals surface area contributed by atoms with E-state index in [9.17, 15) is 9.18 Å². The molecule has 1 saturated heterocycles. The molecule has 0 aromatic heterocycles. The molecule has 1 saturated carbocycles. The molecule has 2 aliphatic carbocycles. The van der Waals surface area contributed by atoms with Crippen molar-refractivity contribution in [3.05, 3.63) is 35.1 Å². The zero-order chi connectivity index (χ0) is 17.6. The monoisotopic (exact) mass is 346 g/mol. The molecule has 2 fully saturated rings. The van der Waals surface area contributed by atoms with Gasteiger partial charge in [-0.1, -0.05) is 6.07 Å². The van der Waals surface area contributed by atoms with Crippen LogP contribution in [0, 0.1) is 17.7 Å². The Morgan fingerprint density at radius 3 is 2.80 bits per heavy atom. The molecule has 1 aliphatic heterocycles. The Morgan fingerprint density at radius 2 is 2.04 bits per heavy atom. The maximum absolute atomic E-state index is 13.3. The molecule has 0 spiro atoms. The lowest BCUT2D eigenvalue weighted by molar-refractivity contribution is -0.0531. The lowest BCUT2D eigenvalue weighted by Crippen LogP contribution is -2.40. The average molecular weight is 346 g/mol. The Bertz CT molecular complexity index is 655. The summed E-state index contributed by atoms with van der Waals surface area (Å²) in [6, 6.07) is 5.17. The van der Waals surface area contributed by atoms with Gasteiger partial charge in [-0.25, -0.2) is 9.18 Å². The summed E-state index contributed by atoms with van der Waals surface area (Å²) in [5.74, 6) is 1.28. The molecule has 5 heteroatoms. The predicted octanol–water partition coefficient (Wildman–Crippen LogP) is 3.36. The number of rotatable bonds is 4. The molecule has 136 valence electrons. The van der Waals surface area contributed by atoms with Crippen molar-refractivity contribution in [1.82, 2.24) is 10.6 Å². The Balaban J connectivity index is 1.20. The summed E-state index contributed by atoms with van der Waals surface area (Å²) in [7, 11) is 0. The van der Waals surface area contributed by atoms with Gasteiger partial charge >= 0.3 is 6.03 Å². The fourth-order valence-corrected chi connectivity index (χ4v) is 4.95. The number of hydrogen-bond donors (Lipinski definition) is 2. The number of hydrogen-bond acceptors (Lipinski definition) is 2. The van der Waals surface area contributed by atoms with Crippen LogP contribution < -0.4 is 10.6 Å². The summed E-state index contributed by atoms with van der Waals surface area (Å²) in [6.07, 6.45) is 4.67. The lowest BCUT2D eigenvalue weighted by atomic mass is 9.90. The number of benzene rings is 1. The van der Waals surface area contributed by atoms with Crippen LogP contribution >= 0.6 is 0 Å².